The summed E-state index contributed by atoms with van der Waals surface area (Å²) in [6.45, 7) is 6.11. The third-order valence-electron chi connectivity index (χ3n) is 6.37. The highest BCUT2D eigenvalue weighted by Gasteiger charge is 2.20. The van der Waals surface area contributed by atoms with Crippen molar-refractivity contribution in [1.82, 2.24) is 9.38 Å². The third-order valence-corrected chi connectivity index (χ3v) is 6.37. The van der Waals surface area contributed by atoms with Crippen molar-refractivity contribution in [3.63, 3.8) is 0 Å². The van der Waals surface area contributed by atoms with Gasteiger partial charge in [-0.25, -0.2) is 4.98 Å². The van der Waals surface area contributed by atoms with Gasteiger partial charge in [0.2, 0.25) is 0 Å². The van der Waals surface area contributed by atoms with E-state index in [9.17, 15) is 20.0 Å². The number of nitrogens with one attached hydrogen (secondary N) is 1. The number of nitriles is 1. The molecule has 4 rings (SSSR count). The molecule has 36 heavy (non-hydrogen) atoms. The summed E-state index contributed by atoms with van der Waals surface area (Å²) in [7, 11) is 0. The Hall–Kier alpha value is -4.64. The minimum absolute atomic E-state index is 0.0366. The number of carbonyl (C=O) groups is 1. The number of rotatable bonds is 7. The number of amides is 1. The number of hydrogen-bond donors (Lipinski definition) is 2. The fourth-order valence-electron chi connectivity index (χ4n) is 3.84. The molecule has 0 radical (unpaired) electrons. The lowest BCUT2D eigenvalue weighted by Crippen LogP contribution is -2.36. The van der Waals surface area contributed by atoms with Crippen molar-refractivity contribution in [1.29, 1.82) is 5.26 Å². The largest absolute Gasteiger partial charge is 0.515 e. The van der Waals surface area contributed by atoms with Gasteiger partial charge in [0.05, 0.1) is 6.26 Å². The van der Waals surface area contributed by atoms with Gasteiger partial charge < -0.3 is 15.2 Å². The van der Waals surface area contributed by atoms with E-state index in [1.54, 1.807) is 12.1 Å². The quantitative estimate of drug-likeness (QED) is 0.412. The predicted molar refractivity (Wildman–Crippen MR) is 138 cm³/mol. The molecule has 0 saturated carbocycles. The van der Waals surface area contributed by atoms with Gasteiger partial charge in [0.1, 0.15) is 22.6 Å². The summed E-state index contributed by atoms with van der Waals surface area (Å²) >= 11 is 0. The lowest BCUT2D eigenvalue weighted by Gasteiger charge is -2.23. The first-order valence-corrected chi connectivity index (χ1v) is 11.5. The maximum atomic E-state index is 13.0. The van der Waals surface area contributed by atoms with Gasteiger partial charge in [0.15, 0.2) is 18.1 Å². The van der Waals surface area contributed by atoms with Gasteiger partial charge in [-0.15, -0.1) is 0 Å². The van der Waals surface area contributed by atoms with Crippen LogP contribution in [0.5, 0.6) is 5.75 Å². The zero-order valence-electron chi connectivity index (χ0n) is 20.3. The van der Waals surface area contributed by atoms with Crippen LogP contribution in [-0.4, -0.2) is 27.0 Å². The molecule has 1 amide bonds. The van der Waals surface area contributed by atoms with Crippen LogP contribution in [0.25, 0.3) is 23.0 Å². The molecular weight excluding hydrogens is 456 g/mol. The number of hydrogen-bond acceptors (Lipinski definition) is 6. The molecule has 0 unspecified atom stereocenters. The Morgan fingerprint density at radius 1 is 1.19 bits per heavy atom. The van der Waals surface area contributed by atoms with Gasteiger partial charge in [-0.05, 0) is 35.1 Å². The molecule has 0 spiro atoms. The number of fused-ring (bicyclic) bond motifs is 1. The Labute approximate surface area is 208 Å². The number of nitrogens with zero attached hydrogens (tertiary/aromatic N) is 3. The van der Waals surface area contributed by atoms with Gasteiger partial charge in [-0.3, -0.25) is 14.0 Å². The molecule has 0 aliphatic heterocycles. The van der Waals surface area contributed by atoms with E-state index in [-0.39, 0.29) is 34.3 Å². The molecule has 0 saturated heterocycles. The second-order valence-corrected chi connectivity index (χ2v) is 9.00. The number of anilines is 1. The highest BCUT2D eigenvalue weighted by molar-refractivity contribution is 5.91. The lowest BCUT2D eigenvalue weighted by molar-refractivity contribution is -0.118. The summed E-state index contributed by atoms with van der Waals surface area (Å²) < 4.78 is 6.78. The van der Waals surface area contributed by atoms with Crippen molar-refractivity contribution in [2.24, 2.45) is 0 Å². The first-order chi connectivity index (χ1) is 17.3. The normalized spacial score (nSPS) is 11.9. The van der Waals surface area contributed by atoms with E-state index in [1.807, 2.05) is 42.5 Å². The first-order valence-electron chi connectivity index (χ1n) is 11.5. The van der Waals surface area contributed by atoms with Crippen molar-refractivity contribution in [2.75, 3.05) is 11.9 Å². The van der Waals surface area contributed by atoms with Crippen molar-refractivity contribution < 1.29 is 14.6 Å². The molecule has 0 atom stereocenters. The topological polar surface area (TPSA) is 117 Å². The average Bonchev–Trinajstić information content (AvgIpc) is 3.27. The zero-order valence-corrected chi connectivity index (χ0v) is 20.3. The Morgan fingerprint density at radius 2 is 1.89 bits per heavy atom. The van der Waals surface area contributed by atoms with Crippen molar-refractivity contribution >= 4 is 23.6 Å². The number of aliphatic hydroxyl groups excluding tert-OH is 1. The molecule has 0 fully saturated rings. The average molecular weight is 483 g/mol. The molecule has 0 aliphatic rings. The highest BCUT2D eigenvalue weighted by Crippen LogP contribution is 2.28. The number of carbonyl (C=O) groups excluding carboxylic acids is 1. The number of aromatic nitrogens is 2. The van der Waals surface area contributed by atoms with Crippen LogP contribution in [0.15, 0.2) is 65.6 Å². The molecule has 2 aromatic carbocycles. The van der Waals surface area contributed by atoms with E-state index >= 15 is 0 Å². The second-order valence-electron chi connectivity index (χ2n) is 9.00. The Balaban J connectivity index is 1.60. The molecule has 2 aromatic heterocycles. The van der Waals surface area contributed by atoms with E-state index in [2.05, 4.69) is 37.1 Å². The van der Waals surface area contributed by atoms with E-state index in [1.165, 1.54) is 16.2 Å². The molecule has 0 bridgehead atoms. The summed E-state index contributed by atoms with van der Waals surface area (Å²) in [6.07, 6.45) is 3.08. The van der Waals surface area contributed by atoms with Crippen LogP contribution in [-0.2, 0) is 10.2 Å². The number of benzene rings is 2. The minimum Gasteiger partial charge on any atom is -0.515 e. The summed E-state index contributed by atoms with van der Waals surface area (Å²) in [4.78, 5) is 30.0. The molecule has 0 aliphatic carbocycles. The fourth-order valence-corrected chi connectivity index (χ4v) is 3.84. The number of ether oxygens (including phenoxy) is 1. The molecule has 8 nitrogen and oxygen atoms in total. The Kier molecular flexibility index (Phi) is 6.75. The van der Waals surface area contributed by atoms with Gasteiger partial charge in [-0.2, -0.15) is 5.26 Å². The van der Waals surface area contributed by atoms with Gasteiger partial charge in [-0.1, -0.05) is 63.2 Å². The molecular formula is C28H26N4O4. The Bertz CT molecular complexity index is 1570. The van der Waals surface area contributed by atoms with Crippen LogP contribution in [0.1, 0.15) is 38.3 Å². The van der Waals surface area contributed by atoms with Gasteiger partial charge in [0.25, 0.3) is 11.5 Å². The number of aliphatic hydroxyl groups is 1. The van der Waals surface area contributed by atoms with Crippen molar-refractivity contribution in [3.05, 3.63) is 87.5 Å². The molecule has 8 heteroatoms. The fraction of sp³-hybridized carbons (Fsp3) is 0.214. The maximum Gasteiger partial charge on any atom is 0.270 e. The lowest BCUT2D eigenvalue weighted by atomic mass is 9.82. The van der Waals surface area contributed by atoms with Crippen LogP contribution < -0.4 is 20.8 Å². The van der Waals surface area contributed by atoms with E-state index < -0.39 is 11.5 Å². The Morgan fingerprint density at radius 3 is 2.50 bits per heavy atom. The molecule has 4 aromatic rings. The van der Waals surface area contributed by atoms with Crippen molar-refractivity contribution in [2.45, 2.75) is 32.6 Å². The predicted octanol–water partition coefficient (Wildman–Crippen LogP) is 3.95. The summed E-state index contributed by atoms with van der Waals surface area (Å²) in [5.41, 5.74) is 2.11. The van der Waals surface area contributed by atoms with Crippen molar-refractivity contribution in [3.8, 4) is 22.9 Å². The molecule has 182 valence electrons. The minimum atomic E-state index is -0.619. The SMILES string of the molecule is CCC(C)(C)c1ccc(OCC(=O)Nc2nc3c(C#N)c(-c4ccccc4)cn3c(=O)/c2=C\O)cc1. The van der Waals surface area contributed by atoms with E-state index in [4.69, 9.17) is 4.74 Å². The van der Waals surface area contributed by atoms with Crippen LogP contribution in [0.4, 0.5) is 5.82 Å². The molecule has 2 heterocycles. The van der Waals surface area contributed by atoms with Crippen LogP contribution in [0.2, 0.25) is 0 Å². The van der Waals surface area contributed by atoms with Crippen LogP contribution in [0.3, 0.4) is 0 Å². The standard InChI is InChI=1S/C28H26N4O4/c1-4-28(2,3)19-10-12-20(13-11-19)36-17-24(34)30-25-23(16-33)27(35)32-15-22(18-8-6-5-7-9-18)21(14-29)26(32)31-25/h5-13,15-16,33H,4,17H2,1-3H3,(H,30,31,34)/b23-16-. The first kappa shape index (κ1) is 24.5. The van der Waals surface area contributed by atoms with E-state index in [0.29, 0.717) is 17.6 Å². The maximum absolute atomic E-state index is 13.0. The smallest absolute Gasteiger partial charge is 0.270 e. The second kappa shape index (κ2) is 9.92. The summed E-state index contributed by atoms with van der Waals surface area (Å²) in [5.74, 6) is -0.202. The van der Waals surface area contributed by atoms with Gasteiger partial charge in [0, 0.05) is 11.8 Å². The summed E-state index contributed by atoms with van der Waals surface area (Å²) in [5, 5.41) is 21.8. The zero-order chi connectivity index (χ0) is 25.9. The monoisotopic (exact) mass is 482 g/mol. The molecule has 2 N–H and O–H groups in total. The van der Waals surface area contributed by atoms with Gasteiger partial charge >= 0.3 is 0 Å². The highest BCUT2D eigenvalue weighted by atomic mass is 16.5. The summed E-state index contributed by atoms with van der Waals surface area (Å²) in [6, 6.07) is 18.8. The van der Waals surface area contributed by atoms with E-state index in [0.717, 1.165) is 12.0 Å². The van der Waals surface area contributed by atoms with Crippen LogP contribution >= 0.6 is 0 Å². The van der Waals surface area contributed by atoms with Crippen LogP contribution in [0, 0.1) is 11.3 Å². The third kappa shape index (κ3) is 4.64.